The SMILES string of the molecule is COCCOCCOCCOCc1cccs1. The Morgan fingerprint density at radius 2 is 1.59 bits per heavy atom. The second-order valence-corrected chi connectivity index (χ2v) is 4.38. The second kappa shape index (κ2) is 10.7. The minimum absolute atomic E-state index is 0.603. The molecule has 0 spiro atoms. The summed E-state index contributed by atoms with van der Waals surface area (Å²) in [5.74, 6) is 0. The summed E-state index contributed by atoms with van der Waals surface area (Å²) in [6.45, 7) is 4.36. The fourth-order valence-corrected chi connectivity index (χ4v) is 1.79. The smallest absolute Gasteiger partial charge is 0.0810 e. The van der Waals surface area contributed by atoms with Gasteiger partial charge in [-0.05, 0) is 11.4 Å². The van der Waals surface area contributed by atoms with E-state index in [4.69, 9.17) is 18.9 Å². The van der Waals surface area contributed by atoms with Gasteiger partial charge in [0, 0.05) is 12.0 Å². The molecule has 0 unspecified atom stereocenters. The minimum atomic E-state index is 0.603. The third-order valence-electron chi connectivity index (χ3n) is 2.00. The van der Waals surface area contributed by atoms with E-state index in [1.807, 2.05) is 11.4 Å². The van der Waals surface area contributed by atoms with Gasteiger partial charge < -0.3 is 18.9 Å². The van der Waals surface area contributed by atoms with E-state index in [-0.39, 0.29) is 0 Å². The summed E-state index contributed by atoms with van der Waals surface area (Å²) in [6.07, 6.45) is 0. The lowest BCUT2D eigenvalue weighted by Crippen LogP contribution is -2.11. The zero-order chi connectivity index (χ0) is 12.2. The number of hydrogen-bond acceptors (Lipinski definition) is 5. The summed E-state index contributed by atoms with van der Waals surface area (Å²) in [6, 6.07) is 4.09. The van der Waals surface area contributed by atoms with Gasteiger partial charge in [0.05, 0.1) is 46.2 Å². The topological polar surface area (TPSA) is 36.9 Å². The van der Waals surface area contributed by atoms with Crippen LogP contribution in [0.2, 0.25) is 0 Å². The molecule has 0 aromatic carbocycles. The molecular formula is C12H20O4S. The first-order valence-electron chi connectivity index (χ1n) is 5.68. The van der Waals surface area contributed by atoms with E-state index in [0.717, 1.165) is 0 Å². The van der Waals surface area contributed by atoms with Crippen LogP contribution in [0.4, 0.5) is 0 Å². The fourth-order valence-electron chi connectivity index (χ4n) is 1.15. The molecule has 17 heavy (non-hydrogen) atoms. The Balaban J connectivity index is 1.76. The van der Waals surface area contributed by atoms with Crippen molar-refractivity contribution in [2.24, 2.45) is 0 Å². The van der Waals surface area contributed by atoms with Gasteiger partial charge in [-0.2, -0.15) is 0 Å². The highest BCUT2D eigenvalue weighted by Gasteiger charge is 1.94. The Morgan fingerprint density at radius 3 is 2.18 bits per heavy atom. The molecule has 5 heteroatoms. The van der Waals surface area contributed by atoms with Gasteiger partial charge in [-0.1, -0.05) is 6.07 Å². The van der Waals surface area contributed by atoms with Crippen molar-refractivity contribution < 1.29 is 18.9 Å². The molecule has 4 nitrogen and oxygen atoms in total. The number of hydrogen-bond donors (Lipinski definition) is 0. The Labute approximate surface area is 106 Å². The first-order valence-corrected chi connectivity index (χ1v) is 6.56. The lowest BCUT2D eigenvalue weighted by atomic mass is 10.5. The summed E-state index contributed by atoms with van der Waals surface area (Å²) in [5, 5.41) is 2.05. The molecule has 0 aliphatic carbocycles. The third kappa shape index (κ3) is 8.29. The van der Waals surface area contributed by atoms with Crippen molar-refractivity contribution in [3.8, 4) is 0 Å². The van der Waals surface area contributed by atoms with Crippen LogP contribution < -0.4 is 0 Å². The van der Waals surface area contributed by atoms with Gasteiger partial charge in [0.15, 0.2) is 0 Å². The molecule has 0 fully saturated rings. The van der Waals surface area contributed by atoms with Crippen LogP contribution in [-0.4, -0.2) is 46.8 Å². The van der Waals surface area contributed by atoms with Gasteiger partial charge in [0.2, 0.25) is 0 Å². The maximum Gasteiger partial charge on any atom is 0.0810 e. The largest absolute Gasteiger partial charge is 0.382 e. The Morgan fingerprint density at radius 1 is 0.941 bits per heavy atom. The number of thiophene rings is 1. The molecule has 1 rings (SSSR count). The molecule has 0 aliphatic heterocycles. The maximum atomic E-state index is 5.45. The first-order chi connectivity index (χ1) is 8.43. The second-order valence-electron chi connectivity index (χ2n) is 3.35. The molecule has 0 aliphatic rings. The van der Waals surface area contributed by atoms with Crippen molar-refractivity contribution in [1.82, 2.24) is 0 Å². The maximum absolute atomic E-state index is 5.45. The molecule has 0 atom stereocenters. The zero-order valence-corrected chi connectivity index (χ0v) is 11.0. The van der Waals surface area contributed by atoms with Crippen LogP contribution in [0.3, 0.4) is 0 Å². The van der Waals surface area contributed by atoms with Gasteiger partial charge >= 0.3 is 0 Å². The monoisotopic (exact) mass is 260 g/mol. The molecule has 1 aromatic rings. The van der Waals surface area contributed by atoms with Crippen molar-refractivity contribution in [1.29, 1.82) is 0 Å². The molecule has 98 valence electrons. The Bertz CT molecular complexity index is 251. The normalized spacial score (nSPS) is 10.9. The molecule has 0 radical (unpaired) electrons. The summed E-state index contributed by atoms with van der Waals surface area (Å²) in [7, 11) is 1.66. The van der Waals surface area contributed by atoms with Crippen molar-refractivity contribution in [3.05, 3.63) is 22.4 Å². The lowest BCUT2D eigenvalue weighted by Gasteiger charge is -2.05. The highest BCUT2D eigenvalue weighted by Crippen LogP contribution is 2.09. The highest BCUT2D eigenvalue weighted by molar-refractivity contribution is 7.09. The quantitative estimate of drug-likeness (QED) is 0.570. The van der Waals surface area contributed by atoms with E-state index in [9.17, 15) is 0 Å². The van der Waals surface area contributed by atoms with Gasteiger partial charge in [0.1, 0.15) is 0 Å². The summed E-state index contributed by atoms with van der Waals surface area (Å²) >= 11 is 1.70. The summed E-state index contributed by atoms with van der Waals surface area (Å²) < 4.78 is 20.9. The van der Waals surface area contributed by atoms with E-state index in [0.29, 0.717) is 46.2 Å². The van der Waals surface area contributed by atoms with Crippen molar-refractivity contribution in [2.75, 3.05) is 46.8 Å². The van der Waals surface area contributed by atoms with E-state index in [1.54, 1.807) is 18.4 Å². The van der Waals surface area contributed by atoms with E-state index >= 15 is 0 Å². The van der Waals surface area contributed by atoms with Crippen molar-refractivity contribution >= 4 is 11.3 Å². The van der Waals surface area contributed by atoms with Crippen LogP contribution in [0.1, 0.15) is 4.88 Å². The Kier molecular flexibility index (Phi) is 9.17. The molecular weight excluding hydrogens is 240 g/mol. The van der Waals surface area contributed by atoms with E-state index < -0.39 is 0 Å². The zero-order valence-electron chi connectivity index (χ0n) is 10.2. The standard InChI is InChI=1S/C12H20O4S/c1-13-4-5-14-6-7-15-8-9-16-11-12-3-2-10-17-12/h2-3,10H,4-9,11H2,1H3. The molecule has 1 aromatic heterocycles. The Hall–Kier alpha value is -0.460. The fraction of sp³-hybridized carbons (Fsp3) is 0.667. The average Bonchev–Trinajstić information content (AvgIpc) is 2.85. The lowest BCUT2D eigenvalue weighted by molar-refractivity contribution is 0.00120. The minimum Gasteiger partial charge on any atom is -0.382 e. The van der Waals surface area contributed by atoms with Crippen molar-refractivity contribution in [3.63, 3.8) is 0 Å². The van der Waals surface area contributed by atoms with Crippen LogP contribution in [0.25, 0.3) is 0 Å². The third-order valence-corrected chi connectivity index (χ3v) is 2.85. The molecule has 1 heterocycles. The van der Waals surface area contributed by atoms with Gasteiger partial charge in [-0.15, -0.1) is 11.3 Å². The molecule has 0 N–H and O–H groups in total. The summed E-state index contributed by atoms with van der Waals surface area (Å²) in [5.41, 5.74) is 0. The number of rotatable bonds is 11. The first kappa shape index (κ1) is 14.6. The predicted octanol–water partition coefficient (Wildman–Crippen LogP) is 1.94. The van der Waals surface area contributed by atoms with Crippen molar-refractivity contribution in [2.45, 2.75) is 6.61 Å². The molecule has 0 saturated carbocycles. The predicted molar refractivity (Wildman–Crippen MR) is 67.5 cm³/mol. The number of methoxy groups -OCH3 is 1. The molecule has 0 bridgehead atoms. The van der Waals surface area contributed by atoms with Crippen LogP contribution in [-0.2, 0) is 25.6 Å². The molecule has 0 saturated heterocycles. The molecule has 0 amide bonds. The van der Waals surface area contributed by atoms with Crippen LogP contribution in [0.15, 0.2) is 17.5 Å². The van der Waals surface area contributed by atoms with E-state index in [1.165, 1.54) is 4.88 Å². The average molecular weight is 260 g/mol. The number of ether oxygens (including phenoxy) is 4. The van der Waals surface area contributed by atoms with E-state index in [2.05, 4.69) is 6.07 Å². The van der Waals surface area contributed by atoms with Crippen LogP contribution in [0.5, 0.6) is 0 Å². The van der Waals surface area contributed by atoms with Gasteiger partial charge in [0.25, 0.3) is 0 Å². The van der Waals surface area contributed by atoms with Gasteiger partial charge in [-0.3, -0.25) is 0 Å². The highest BCUT2D eigenvalue weighted by atomic mass is 32.1. The summed E-state index contributed by atoms with van der Waals surface area (Å²) in [4.78, 5) is 1.24. The van der Waals surface area contributed by atoms with Crippen LogP contribution >= 0.6 is 11.3 Å². The van der Waals surface area contributed by atoms with Crippen LogP contribution in [0, 0.1) is 0 Å². The van der Waals surface area contributed by atoms with Gasteiger partial charge in [-0.25, -0.2) is 0 Å².